The molecule has 0 amide bonds. The predicted molar refractivity (Wildman–Crippen MR) is 39.7 cm³/mol. The summed E-state index contributed by atoms with van der Waals surface area (Å²) in [5, 5.41) is 0. The van der Waals surface area contributed by atoms with Crippen LogP contribution >= 0.6 is 0 Å². The van der Waals surface area contributed by atoms with E-state index in [9.17, 15) is 25.5 Å². The summed E-state index contributed by atoms with van der Waals surface area (Å²) in [5.41, 5.74) is -0.748. The Bertz CT molecular complexity index is 441. The molecule has 1 aromatic carbocycles. The van der Waals surface area contributed by atoms with E-state index in [1.165, 1.54) is 0 Å². The van der Waals surface area contributed by atoms with Crippen LogP contribution in [0.5, 0.6) is 0 Å². The molecule has 0 aliphatic carbocycles. The van der Waals surface area contributed by atoms with Crippen molar-refractivity contribution in [3.63, 3.8) is 0 Å². The molecule has 7 heteroatoms. The number of halogens is 4. The lowest BCUT2D eigenvalue weighted by atomic mass is 10.2. The molecule has 0 radical (unpaired) electrons. The summed E-state index contributed by atoms with van der Waals surface area (Å²) in [6, 6.07) is 1.44. The van der Waals surface area contributed by atoms with E-state index in [0.29, 0.717) is 12.1 Å². The zero-order valence-corrected chi connectivity index (χ0v) is 7.36. The Kier molecular flexibility index (Phi) is 2.79. The van der Waals surface area contributed by atoms with E-state index in [2.05, 4.69) is 0 Å². The van der Waals surface area contributed by atoms with Crippen LogP contribution < -0.4 is 0 Å². The van der Waals surface area contributed by atoms with Gasteiger partial charge in [0.05, 0.1) is 0 Å². The smallest absolute Gasteiger partial charge is 0.205 e. The Morgan fingerprint density at radius 3 is 2.21 bits per heavy atom. The second kappa shape index (κ2) is 3.56. The number of rotatable bonds is 2. The lowest BCUT2D eigenvalue weighted by Gasteiger charge is -2.01. The first kappa shape index (κ1) is 11.0. The van der Waals surface area contributed by atoms with Crippen LogP contribution in [-0.2, 0) is 10.2 Å². The second-order valence-corrected chi connectivity index (χ2v) is 3.74. The van der Waals surface area contributed by atoms with Gasteiger partial charge in [0.2, 0.25) is 0 Å². The molecule has 78 valence electrons. The first-order chi connectivity index (χ1) is 6.32. The molecule has 0 heterocycles. The molecule has 0 fully saturated rings. The molecule has 14 heavy (non-hydrogen) atoms. The maximum absolute atomic E-state index is 12.7. The minimum atomic E-state index is -5.30. The average molecular weight is 228 g/mol. The van der Waals surface area contributed by atoms with Gasteiger partial charge in [-0.15, -0.1) is 3.89 Å². The van der Waals surface area contributed by atoms with Gasteiger partial charge in [-0.05, 0) is 12.1 Å². The van der Waals surface area contributed by atoms with Crippen molar-refractivity contribution in [1.29, 1.82) is 0 Å². The molecule has 0 saturated carbocycles. The van der Waals surface area contributed by atoms with E-state index >= 15 is 0 Å². The van der Waals surface area contributed by atoms with Crippen LogP contribution in [0.1, 0.15) is 12.0 Å². The van der Waals surface area contributed by atoms with Crippen molar-refractivity contribution in [1.82, 2.24) is 0 Å². The van der Waals surface area contributed by atoms with E-state index in [0.717, 1.165) is 0 Å². The lowest BCUT2D eigenvalue weighted by Crippen LogP contribution is -1.98. The van der Waals surface area contributed by atoms with Gasteiger partial charge < -0.3 is 0 Å². The molecule has 0 spiro atoms. The molecule has 0 N–H and O–H groups in total. The van der Waals surface area contributed by atoms with Crippen molar-refractivity contribution in [2.24, 2.45) is 0 Å². The summed E-state index contributed by atoms with van der Waals surface area (Å²) in [6.07, 6.45) is -2.98. The van der Waals surface area contributed by atoms with E-state index in [4.69, 9.17) is 0 Å². The molecule has 0 saturated heterocycles. The molecular formula is C7H4F4O2S. The number of alkyl halides is 2. The summed E-state index contributed by atoms with van der Waals surface area (Å²) in [5.74, 6) is -1.39. The summed E-state index contributed by atoms with van der Waals surface area (Å²) in [4.78, 5) is -1.37. The third-order valence-corrected chi connectivity index (χ3v) is 2.31. The molecule has 0 bridgehead atoms. The van der Waals surface area contributed by atoms with E-state index < -0.39 is 32.9 Å². The Labute approximate surface area is 77.4 Å². The zero-order valence-electron chi connectivity index (χ0n) is 6.55. The number of hydrogen-bond acceptors (Lipinski definition) is 2. The van der Waals surface area contributed by atoms with Crippen LogP contribution in [0, 0.1) is 5.82 Å². The van der Waals surface area contributed by atoms with Gasteiger partial charge in [0.25, 0.3) is 6.43 Å². The Hall–Kier alpha value is -1.11. The fourth-order valence-corrected chi connectivity index (χ4v) is 1.42. The van der Waals surface area contributed by atoms with Crippen LogP contribution in [0.3, 0.4) is 0 Å². The van der Waals surface area contributed by atoms with Gasteiger partial charge >= 0.3 is 10.2 Å². The van der Waals surface area contributed by atoms with Gasteiger partial charge in [-0.1, -0.05) is 6.07 Å². The Morgan fingerprint density at radius 2 is 1.79 bits per heavy atom. The van der Waals surface area contributed by atoms with Gasteiger partial charge in [0.1, 0.15) is 10.7 Å². The maximum atomic E-state index is 12.7. The zero-order chi connectivity index (χ0) is 10.9. The summed E-state index contributed by atoms with van der Waals surface area (Å²) in [7, 11) is -5.30. The fraction of sp³-hybridized carbons (Fsp3) is 0.143. The van der Waals surface area contributed by atoms with Gasteiger partial charge in [-0.25, -0.2) is 13.2 Å². The summed E-state index contributed by atoms with van der Waals surface area (Å²) >= 11 is 0. The van der Waals surface area contributed by atoms with Crippen molar-refractivity contribution < 1.29 is 25.5 Å². The topological polar surface area (TPSA) is 34.1 Å². The molecule has 0 atom stereocenters. The van der Waals surface area contributed by atoms with Crippen LogP contribution in [0.15, 0.2) is 23.1 Å². The van der Waals surface area contributed by atoms with Crippen LogP contribution in [0.2, 0.25) is 0 Å². The minimum Gasteiger partial charge on any atom is -0.205 e. The van der Waals surface area contributed by atoms with Crippen molar-refractivity contribution in [2.75, 3.05) is 0 Å². The molecule has 1 rings (SSSR count). The first-order valence-electron chi connectivity index (χ1n) is 3.34. The number of benzene rings is 1. The average Bonchev–Trinajstić information content (AvgIpc) is 2.02. The van der Waals surface area contributed by atoms with Crippen molar-refractivity contribution in [3.8, 4) is 0 Å². The minimum absolute atomic E-state index is 0.273. The van der Waals surface area contributed by atoms with Crippen LogP contribution in [-0.4, -0.2) is 8.42 Å². The quantitative estimate of drug-likeness (QED) is 0.575. The van der Waals surface area contributed by atoms with Crippen molar-refractivity contribution in [2.45, 2.75) is 11.3 Å². The highest BCUT2D eigenvalue weighted by atomic mass is 32.3. The normalized spacial score (nSPS) is 12.1. The Morgan fingerprint density at radius 1 is 1.21 bits per heavy atom. The van der Waals surface area contributed by atoms with Crippen LogP contribution in [0.4, 0.5) is 17.1 Å². The molecule has 2 nitrogen and oxygen atoms in total. The second-order valence-electron chi connectivity index (χ2n) is 2.43. The fourth-order valence-electron chi connectivity index (χ4n) is 0.843. The molecule has 0 aliphatic heterocycles. The summed E-state index contributed by atoms with van der Waals surface area (Å²) in [6.45, 7) is 0. The predicted octanol–water partition coefficient (Wildman–Crippen LogP) is 2.42. The highest BCUT2D eigenvalue weighted by molar-refractivity contribution is 7.86. The largest absolute Gasteiger partial charge is 0.335 e. The third kappa shape index (κ3) is 2.22. The Balaban J connectivity index is 3.37. The lowest BCUT2D eigenvalue weighted by molar-refractivity contribution is 0.151. The van der Waals surface area contributed by atoms with Crippen molar-refractivity contribution >= 4 is 10.2 Å². The maximum Gasteiger partial charge on any atom is 0.335 e. The van der Waals surface area contributed by atoms with Crippen LogP contribution in [0.25, 0.3) is 0 Å². The standard InChI is InChI=1S/C7H4F4O2S/c8-5-2-1-4(7(9)10)3-6(5)14(11,12)13/h1-3,7H. The van der Waals surface area contributed by atoms with E-state index in [1.54, 1.807) is 0 Å². The monoisotopic (exact) mass is 228 g/mol. The third-order valence-electron chi connectivity index (χ3n) is 1.47. The van der Waals surface area contributed by atoms with Crippen molar-refractivity contribution in [3.05, 3.63) is 29.6 Å². The highest BCUT2D eigenvalue weighted by Gasteiger charge is 2.20. The van der Waals surface area contributed by atoms with Gasteiger partial charge in [0, 0.05) is 5.56 Å². The molecular weight excluding hydrogens is 224 g/mol. The van der Waals surface area contributed by atoms with Gasteiger partial charge in [0.15, 0.2) is 0 Å². The number of hydrogen-bond donors (Lipinski definition) is 0. The molecule has 0 unspecified atom stereocenters. The SMILES string of the molecule is O=S(=O)(F)c1cc(C(F)F)ccc1F. The van der Waals surface area contributed by atoms with Gasteiger partial charge in [-0.3, -0.25) is 0 Å². The first-order valence-corrected chi connectivity index (χ1v) is 4.73. The molecule has 1 aromatic rings. The highest BCUT2D eigenvalue weighted by Crippen LogP contribution is 2.24. The van der Waals surface area contributed by atoms with E-state index in [1.807, 2.05) is 0 Å². The summed E-state index contributed by atoms with van der Waals surface area (Å²) < 4.78 is 69.6. The van der Waals surface area contributed by atoms with E-state index in [-0.39, 0.29) is 6.07 Å². The molecule has 0 aliphatic rings. The van der Waals surface area contributed by atoms with Gasteiger partial charge in [-0.2, -0.15) is 8.42 Å². The molecule has 0 aromatic heterocycles.